The van der Waals surface area contributed by atoms with Crippen LogP contribution in [0.3, 0.4) is 0 Å². The fourth-order valence-electron chi connectivity index (χ4n) is 3.62. The van der Waals surface area contributed by atoms with Crippen molar-refractivity contribution in [2.75, 3.05) is 10.6 Å². The van der Waals surface area contributed by atoms with Gasteiger partial charge in [0.05, 0.1) is 16.8 Å². The van der Waals surface area contributed by atoms with Gasteiger partial charge in [0, 0.05) is 23.7 Å². The third-order valence-electron chi connectivity index (χ3n) is 5.14. The summed E-state index contributed by atoms with van der Waals surface area (Å²) < 4.78 is 0. The van der Waals surface area contributed by atoms with Crippen LogP contribution in [0.4, 0.5) is 17.5 Å². The number of nitriles is 1. The molecule has 29 heavy (non-hydrogen) atoms. The van der Waals surface area contributed by atoms with Crippen LogP contribution in [0.25, 0.3) is 10.9 Å². The first-order chi connectivity index (χ1) is 14.1. The number of benzene rings is 1. The summed E-state index contributed by atoms with van der Waals surface area (Å²) in [4.78, 5) is 19.3. The molecule has 0 saturated heterocycles. The zero-order valence-electron chi connectivity index (χ0n) is 15.6. The summed E-state index contributed by atoms with van der Waals surface area (Å²) >= 11 is 0. The van der Waals surface area contributed by atoms with Gasteiger partial charge in [-0.25, -0.2) is 0 Å². The Labute approximate surface area is 166 Å². The zero-order chi connectivity index (χ0) is 20.4. The van der Waals surface area contributed by atoms with Gasteiger partial charge < -0.3 is 27.1 Å². The summed E-state index contributed by atoms with van der Waals surface area (Å²) in [6.07, 6.45) is 5.67. The third-order valence-corrected chi connectivity index (χ3v) is 5.14. The molecule has 1 amide bonds. The van der Waals surface area contributed by atoms with Crippen molar-refractivity contribution >= 4 is 34.3 Å². The van der Waals surface area contributed by atoms with Crippen LogP contribution in [0.1, 0.15) is 41.7 Å². The molecule has 1 aliphatic rings. The highest BCUT2D eigenvalue weighted by Crippen LogP contribution is 2.28. The summed E-state index contributed by atoms with van der Waals surface area (Å²) in [5, 5.41) is 24.3. The van der Waals surface area contributed by atoms with E-state index >= 15 is 0 Å². The molecule has 1 aromatic carbocycles. The average molecular weight is 391 g/mol. The topological polar surface area (TPSA) is 171 Å². The van der Waals surface area contributed by atoms with Crippen molar-refractivity contribution < 1.29 is 4.79 Å². The Morgan fingerprint density at radius 2 is 2.10 bits per heavy atom. The number of rotatable bonds is 5. The summed E-state index contributed by atoms with van der Waals surface area (Å²) in [6.45, 7) is 0. The number of nitrogens with two attached hydrogens (primary N) is 2. The second-order valence-electron chi connectivity index (χ2n) is 7.06. The molecule has 148 valence electrons. The van der Waals surface area contributed by atoms with Crippen molar-refractivity contribution in [1.29, 1.82) is 5.26 Å². The molecule has 10 heteroatoms. The minimum Gasteiger partial charge on any atom is -0.364 e. The van der Waals surface area contributed by atoms with Crippen LogP contribution in [-0.4, -0.2) is 38.2 Å². The Morgan fingerprint density at radius 1 is 1.28 bits per heavy atom. The predicted octanol–water partition coefficient (Wildman–Crippen LogP) is 1.75. The van der Waals surface area contributed by atoms with Gasteiger partial charge in [-0.2, -0.15) is 10.2 Å². The molecule has 10 nitrogen and oxygen atoms in total. The highest BCUT2D eigenvalue weighted by atomic mass is 16.1. The van der Waals surface area contributed by atoms with Crippen LogP contribution in [0, 0.1) is 11.3 Å². The lowest BCUT2D eigenvalue weighted by Crippen LogP contribution is -2.43. The quantitative estimate of drug-likeness (QED) is 0.437. The number of fused-ring (bicyclic) bond motifs is 1. The Hall–Kier alpha value is -3.71. The number of carbonyl (C=O) groups excluding carboxylic acids is 1. The molecule has 0 spiro atoms. The van der Waals surface area contributed by atoms with Crippen molar-refractivity contribution in [1.82, 2.24) is 20.2 Å². The first-order valence-corrected chi connectivity index (χ1v) is 9.40. The Balaban J connectivity index is 1.68. The van der Waals surface area contributed by atoms with Gasteiger partial charge >= 0.3 is 0 Å². The third kappa shape index (κ3) is 3.68. The number of aromatic amines is 1. The molecule has 1 aliphatic carbocycles. The smallest absolute Gasteiger partial charge is 0.273 e. The summed E-state index contributed by atoms with van der Waals surface area (Å²) in [5.41, 5.74) is 13.4. The molecule has 2 atom stereocenters. The van der Waals surface area contributed by atoms with Crippen LogP contribution < -0.4 is 22.1 Å². The highest BCUT2D eigenvalue weighted by Gasteiger charge is 2.23. The van der Waals surface area contributed by atoms with Gasteiger partial charge in [0.2, 0.25) is 5.95 Å². The lowest BCUT2D eigenvalue weighted by Gasteiger charge is -2.29. The summed E-state index contributed by atoms with van der Waals surface area (Å²) in [6, 6.07) is 7.63. The largest absolute Gasteiger partial charge is 0.364 e. The second kappa shape index (κ2) is 7.73. The maximum absolute atomic E-state index is 11.8. The van der Waals surface area contributed by atoms with E-state index in [1.807, 2.05) is 6.07 Å². The number of primary amides is 1. The first-order valence-electron chi connectivity index (χ1n) is 9.40. The van der Waals surface area contributed by atoms with Crippen LogP contribution in [0.2, 0.25) is 0 Å². The molecule has 0 aliphatic heterocycles. The van der Waals surface area contributed by atoms with Gasteiger partial charge in [0.15, 0.2) is 11.5 Å². The van der Waals surface area contributed by atoms with E-state index in [1.165, 1.54) is 0 Å². The number of para-hydroxylation sites is 1. The van der Waals surface area contributed by atoms with Crippen LogP contribution in [0.15, 0.2) is 24.4 Å². The molecule has 1 fully saturated rings. The van der Waals surface area contributed by atoms with Crippen LogP contribution in [0.5, 0.6) is 0 Å². The van der Waals surface area contributed by atoms with Crippen molar-refractivity contribution in [3.05, 3.63) is 35.7 Å². The van der Waals surface area contributed by atoms with Crippen molar-refractivity contribution in [2.24, 2.45) is 11.5 Å². The first kappa shape index (κ1) is 18.6. The molecule has 0 radical (unpaired) electrons. The maximum Gasteiger partial charge on any atom is 0.273 e. The SMILES string of the molecule is N#Cc1c[nH]c2c(Nc3nc(N[C@@H]4CCCC[C@@H]4N)nnc3C(N)=O)cccc12. The lowest BCUT2D eigenvalue weighted by molar-refractivity contribution is 0.0995. The Bertz CT molecular complexity index is 1100. The van der Waals surface area contributed by atoms with Gasteiger partial charge in [-0.3, -0.25) is 4.79 Å². The second-order valence-corrected chi connectivity index (χ2v) is 7.06. The van der Waals surface area contributed by atoms with E-state index in [1.54, 1.807) is 18.3 Å². The standard InChI is InChI=1S/C19H21N9O/c20-8-10-9-23-15-11(10)4-3-7-14(15)24-18-16(17(22)29)27-28-19(26-18)25-13-6-2-1-5-12(13)21/h3-4,7,9,12-13,23H,1-2,5-6,21H2,(H2,22,29)(H2,24,25,26,28)/t12-,13+/m0/s1. The van der Waals surface area contributed by atoms with Crippen LogP contribution in [-0.2, 0) is 0 Å². The highest BCUT2D eigenvalue weighted by molar-refractivity contribution is 5.99. The number of anilines is 3. The van der Waals surface area contributed by atoms with E-state index < -0.39 is 5.91 Å². The van der Waals surface area contributed by atoms with E-state index in [-0.39, 0.29) is 29.5 Å². The van der Waals surface area contributed by atoms with Gasteiger partial charge in [-0.1, -0.05) is 25.0 Å². The lowest BCUT2D eigenvalue weighted by atomic mass is 9.91. The zero-order valence-corrected chi connectivity index (χ0v) is 15.6. The van der Waals surface area contributed by atoms with Gasteiger partial charge in [-0.05, 0) is 18.9 Å². The summed E-state index contributed by atoms with van der Waals surface area (Å²) in [5.74, 6) is -0.291. The van der Waals surface area contributed by atoms with E-state index in [0.717, 1.165) is 31.1 Å². The van der Waals surface area contributed by atoms with E-state index in [0.29, 0.717) is 16.8 Å². The molecule has 2 heterocycles. The number of nitrogens with one attached hydrogen (secondary N) is 3. The van der Waals surface area contributed by atoms with Crippen molar-refractivity contribution in [3.8, 4) is 6.07 Å². The number of hydrogen-bond acceptors (Lipinski definition) is 8. The molecule has 7 N–H and O–H groups in total. The average Bonchev–Trinajstić information content (AvgIpc) is 3.14. The van der Waals surface area contributed by atoms with E-state index in [4.69, 9.17) is 11.5 Å². The molecule has 4 rings (SSSR count). The maximum atomic E-state index is 11.8. The van der Waals surface area contributed by atoms with E-state index in [9.17, 15) is 10.1 Å². The number of carbonyl (C=O) groups is 1. The van der Waals surface area contributed by atoms with Crippen LogP contribution >= 0.6 is 0 Å². The number of nitrogens with zero attached hydrogens (tertiary/aromatic N) is 4. The molecule has 0 unspecified atom stereocenters. The predicted molar refractivity (Wildman–Crippen MR) is 108 cm³/mol. The molecular weight excluding hydrogens is 370 g/mol. The van der Waals surface area contributed by atoms with Crippen molar-refractivity contribution in [3.63, 3.8) is 0 Å². The fraction of sp³-hybridized carbons (Fsp3) is 0.316. The Morgan fingerprint density at radius 3 is 2.86 bits per heavy atom. The molecule has 1 saturated carbocycles. The number of amides is 1. The van der Waals surface area contributed by atoms with Gasteiger partial charge in [0.25, 0.3) is 5.91 Å². The van der Waals surface area contributed by atoms with Gasteiger partial charge in [-0.15, -0.1) is 10.2 Å². The number of H-pyrrole nitrogens is 1. The van der Waals surface area contributed by atoms with Gasteiger partial charge in [0.1, 0.15) is 6.07 Å². The van der Waals surface area contributed by atoms with Crippen molar-refractivity contribution in [2.45, 2.75) is 37.8 Å². The minimum absolute atomic E-state index is 0.0108. The monoisotopic (exact) mass is 391 g/mol. The molecule has 2 aromatic heterocycles. The molecule has 3 aromatic rings. The number of aromatic nitrogens is 4. The summed E-state index contributed by atoms with van der Waals surface area (Å²) in [7, 11) is 0. The Kier molecular flexibility index (Phi) is 4.97. The normalized spacial score (nSPS) is 18.9. The molecular formula is C19H21N9O. The molecule has 0 bridgehead atoms. The number of hydrogen-bond donors (Lipinski definition) is 5. The minimum atomic E-state index is -0.746. The van der Waals surface area contributed by atoms with E-state index in [2.05, 4.69) is 36.9 Å². The fourth-order valence-corrected chi connectivity index (χ4v) is 3.62.